The topological polar surface area (TPSA) is 50.2 Å². The van der Waals surface area contributed by atoms with Crippen molar-refractivity contribution in [1.29, 1.82) is 0 Å². The predicted octanol–water partition coefficient (Wildman–Crippen LogP) is 1.18. The van der Waals surface area contributed by atoms with Gasteiger partial charge in [0.2, 0.25) is 5.91 Å². The van der Waals surface area contributed by atoms with E-state index in [0.717, 1.165) is 31.3 Å². The molecule has 2 aliphatic heterocycles. The number of aryl methyl sites for hydroxylation is 2. The zero-order valence-electron chi connectivity index (χ0n) is 12.4. The summed E-state index contributed by atoms with van der Waals surface area (Å²) >= 11 is 0. The minimum Gasteiger partial charge on any atom is -0.354 e. The number of hydrogen-bond acceptors (Lipinski definition) is 3. The van der Waals surface area contributed by atoms with Crippen molar-refractivity contribution in [3.8, 4) is 0 Å². The van der Waals surface area contributed by atoms with E-state index in [4.69, 9.17) is 0 Å². The molecule has 0 spiro atoms. The van der Waals surface area contributed by atoms with Gasteiger partial charge in [-0.05, 0) is 39.2 Å². The Kier molecular flexibility index (Phi) is 3.54. The number of imidazole rings is 1. The van der Waals surface area contributed by atoms with Crippen molar-refractivity contribution in [2.75, 3.05) is 20.1 Å². The van der Waals surface area contributed by atoms with Gasteiger partial charge in [0.25, 0.3) is 0 Å². The van der Waals surface area contributed by atoms with Gasteiger partial charge in [-0.25, -0.2) is 4.98 Å². The highest BCUT2D eigenvalue weighted by Gasteiger charge is 2.53. The third-order valence-corrected chi connectivity index (χ3v) is 5.02. The lowest BCUT2D eigenvalue weighted by atomic mass is 9.73. The van der Waals surface area contributed by atoms with Crippen LogP contribution in [0.5, 0.6) is 0 Å². The first kappa shape index (κ1) is 13.6. The fourth-order valence-corrected chi connectivity index (χ4v) is 3.72. The summed E-state index contributed by atoms with van der Waals surface area (Å²) in [7, 11) is 2.18. The number of amides is 1. The Morgan fingerprint density at radius 2 is 2.35 bits per heavy atom. The van der Waals surface area contributed by atoms with Crippen LogP contribution in [0.3, 0.4) is 0 Å². The molecule has 1 amide bonds. The zero-order chi connectivity index (χ0) is 14.2. The van der Waals surface area contributed by atoms with Crippen LogP contribution in [0.4, 0.5) is 0 Å². The van der Waals surface area contributed by atoms with Gasteiger partial charge in [-0.15, -0.1) is 0 Å². The molecular weight excluding hydrogens is 252 g/mol. The lowest BCUT2D eigenvalue weighted by molar-refractivity contribution is -0.122. The molecule has 110 valence electrons. The van der Waals surface area contributed by atoms with Gasteiger partial charge in [0, 0.05) is 44.0 Å². The van der Waals surface area contributed by atoms with E-state index in [-0.39, 0.29) is 11.4 Å². The number of carbonyl (C=O) groups is 1. The largest absolute Gasteiger partial charge is 0.354 e. The molecule has 2 bridgehead atoms. The van der Waals surface area contributed by atoms with Crippen molar-refractivity contribution in [3.63, 3.8) is 0 Å². The lowest BCUT2D eigenvalue weighted by Crippen LogP contribution is -2.52. The molecule has 0 unspecified atom stereocenters. The molecule has 20 heavy (non-hydrogen) atoms. The van der Waals surface area contributed by atoms with E-state index in [1.165, 1.54) is 19.4 Å². The number of rotatable bonds is 6. The normalized spacial score (nSPS) is 28.4. The quantitative estimate of drug-likeness (QED) is 0.849. The first-order valence-electron chi connectivity index (χ1n) is 7.55. The van der Waals surface area contributed by atoms with E-state index in [1.54, 1.807) is 6.20 Å². The Bertz CT molecular complexity index is 490. The second-order valence-electron chi connectivity index (χ2n) is 6.43. The first-order chi connectivity index (χ1) is 9.59. The maximum Gasteiger partial charge on any atom is 0.220 e. The third-order valence-electron chi connectivity index (χ3n) is 5.02. The van der Waals surface area contributed by atoms with Crippen molar-refractivity contribution >= 4 is 5.91 Å². The maximum atomic E-state index is 11.9. The van der Waals surface area contributed by atoms with Gasteiger partial charge in [0.1, 0.15) is 5.82 Å². The van der Waals surface area contributed by atoms with E-state index in [0.29, 0.717) is 6.42 Å². The standard InChI is InChI=1S/C15H24N4O/c1-12-16-5-7-19(12)6-3-4-14(20)17-11-15-8-13(9-15)10-18(15)2/h5,7,13H,3-4,6,8-11H2,1-2H3,(H,17,20). The lowest BCUT2D eigenvalue weighted by Gasteiger charge is -2.41. The van der Waals surface area contributed by atoms with Crippen molar-refractivity contribution < 1.29 is 4.79 Å². The third kappa shape index (κ3) is 2.46. The Morgan fingerprint density at radius 1 is 1.55 bits per heavy atom. The van der Waals surface area contributed by atoms with Crippen LogP contribution < -0.4 is 5.32 Å². The summed E-state index contributed by atoms with van der Waals surface area (Å²) < 4.78 is 2.09. The molecule has 3 aliphatic rings. The SMILES string of the molecule is Cc1nccn1CCCC(=O)NCC12CC(CN1C)C2. The van der Waals surface area contributed by atoms with Crippen molar-refractivity contribution in [3.05, 3.63) is 18.2 Å². The zero-order valence-corrected chi connectivity index (χ0v) is 12.4. The van der Waals surface area contributed by atoms with E-state index in [1.807, 2.05) is 13.1 Å². The van der Waals surface area contributed by atoms with Gasteiger partial charge >= 0.3 is 0 Å². The monoisotopic (exact) mass is 276 g/mol. The van der Waals surface area contributed by atoms with Crippen molar-refractivity contribution in [2.24, 2.45) is 5.92 Å². The highest BCUT2D eigenvalue weighted by molar-refractivity contribution is 5.75. The van der Waals surface area contributed by atoms with Gasteiger partial charge < -0.3 is 9.88 Å². The molecule has 5 heteroatoms. The minimum absolute atomic E-state index is 0.181. The average molecular weight is 276 g/mol. The second kappa shape index (κ2) is 5.20. The molecule has 3 heterocycles. The number of fused-ring (bicyclic) bond motifs is 1. The van der Waals surface area contributed by atoms with E-state index < -0.39 is 0 Å². The Balaban J connectivity index is 1.37. The van der Waals surface area contributed by atoms with Crippen LogP contribution in [0.1, 0.15) is 31.5 Å². The number of nitrogens with zero attached hydrogens (tertiary/aromatic N) is 3. The van der Waals surface area contributed by atoms with Crippen molar-refractivity contribution in [1.82, 2.24) is 19.8 Å². The van der Waals surface area contributed by atoms with Crippen molar-refractivity contribution in [2.45, 2.75) is 44.7 Å². The summed E-state index contributed by atoms with van der Waals surface area (Å²) in [4.78, 5) is 18.5. The smallest absolute Gasteiger partial charge is 0.220 e. The van der Waals surface area contributed by atoms with E-state index in [2.05, 4.69) is 26.8 Å². The molecule has 1 aromatic heterocycles. The van der Waals surface area contributed by atoms with Gasteiger partial charge in [0.15, 0.2) is 0 Å². The molecular formula is C15H24N4O. The Morgan fingerprint density at radius 3 is 2.95 bits per heavy atom. The van der Waals surface area contributed by atoms with Crippen LogP contribution in [0, 0.1) is 12.8 Å². The van der Waals surface area contributed by atoms with Crippen LogP contribution in [-0.4, -0.2) is 46.0 Å². The van der Waals surface area contributed by atoms with Gasteiger partial charge in [0.05, 0.1) is 0 Å². The van der Waals surface area contributed by atoms with E-state index in [9.17, 15) is 4.79 Å². The molecule has 1 aromatic rings. The molecule has 1 saturated carbocycles. The molecule has 5 nitrogen and oxygen atoms in total. The molecule has 3 fully saturated rings. The summed E-state index contributed by atoms with van der Waals surface area (Å²) in [5.41, 5.74) is 0.279. The Labute approximate surface area is 120 Å². The summed E-state index contributed by atoms with van der Waals surface area (Å²) in [6, 6.07) is 0. The van der Waals surface area contributed by atoms with Crippen LogP contribution in [0.15, 0.2) is 12.4 Å². The highest BCUT2D eigenvalue weighted by Crippen LogP contribution is 2.48. The highest BCUT2D eigenvalue weighted by atomic mass is 16.1. The number of nitrogens with one attached hydrogen (secondary N) is 1. The number of likely N-dealkylation sites (N-methyl/N-ethyl adjacent to an activating group) is 1. The fourth-order valence-electron chi connectivity index (χ4n) is 3.72. The fraction of sp³-hybridized carbons (Fsp3) is 0.733. The summed E-state index contributed by atoms with van der Waals surface area (Å²) in [5.74, 6) is 2.07. The van der Waals surface area contributed by atoms with Crippen LogP contribution in [0.2, 0.25) is 0 Å². The van der Waals surface area contributed by atoms with Crippen LogP contribution >= 0.6 is 0 Å². The van der Waals surface area contributed by atoms with Crippen LogP contribution in [0.25, 0.3) is 0 Å². The minimum atomic E-state index is 0.181. The molecule has 0 atom stereocenters. The summed E-state index contributed by atoms with van der Waals surface area (Å²) in [6.07, 6.45) is 7.76. The molecule has 1 N–H and O–H groups in total. The maximum absolute atomic E-state index is 11.9. The van der Waals surface area contributed by atoms with Gasteiger partial charge in [-0.2, -0.15) is 0 Å². The molecule has 4 rings (SSSR count). The number of aromatic nitrogens is 2. The predicted molar refractivity (Wildman–Crippen MR) is 77.3 cm³/mol. The average Bonchev–Trinajstić information content (AvgIpc) is 2.99. The van der Waals surface area contributed by atoms with Crippen LogP contribution in [-0.2, 0) is 11.3 Å². The second-order valence-corrected chi connectivity index (χ2v) is 6.43. The number of carbonyl (C=O) groups excluding carboxylic acids is 1. The molecule has 2 saturated heterocycles. The van der Waals surface area contributed by atoms with E-state index >= 15 is 0 Å². The number of hydrogen-bond donors (Lipinski definition) is 1. The summed E-state index contributed by atoms with van der Waals surface area (Å²) in [6.45, 7) is 4.88. The molecule has 0 aromatic carbocycles. The van der Waals surface area contributed by atoms with Gasteiger partial charge in [-0.3, -0.25) is 9.69 Å². The van der Waals surface area contributed by atoms with Gasteiger partial charge in [-0.1, -0.05) is 0 Å². The molecule has 0 radical (unpaired) electrons. The first-order valence-corrected chi connectivity index (χ1v) is 7.55. The molecule has 1 aliphatic carbocycles. The Hall–Kier alpha value is -1.36. The summed E-state index contributed by atoms with van der Waals surface area (Å²) in [5, 5.41) is 3.12.